The number of benzene rings is 1. The second-order valence-electron chi connectivity index (χ2n) is 6.73. The zero-order chi connectivity index (χ0) is 14.1. The SMILES string of the molecule is CCC1CCC(NC2CCc3cc(Br)ccc3C2)C1C. The quantitative estimate of drug-likeness (QED) is 0.842. The molecule has 1 aromatic rings. The molecule has 2 heteroatoms. The van der Waals surface area contributed by atoms with Crippen LogP contribution in [0, 0.1) is 11.8 Å². The van der Waals surface area contributed by atoms with Crippen LogP contribution in [0.15, 0.2) is 22.7 Å². The summed E-state index contributed by atoms with van der Waals surface area (Å²) >= 11 is 3.58. The van der Waals surface area contributed by atoms with Crippen molar-refractivity contribution in [1.82, 2.24) is 5.32 Å². The predicted molar refractivity (Wildman–Crippen MR) is 89.1 cm³/mol. The van der Waals surface area contributed by atoms with E-state index in [1.165, 1.54) is 43.0 Å². The van der Waals surface area contributed by atoms with Crippen LogP contribution < -0.4 is 5.32 Å². The van der Waals surface area contributed by atoms with Gasteiger partial charge in [-0.1, -0.05) is 42.3 Å². The minimum Gasteiger partial charge on any atom is -0.311 e. The maximum atomic E-state index is 3.98. The molecule has 0 saturated heterocycles. The first-order chi connectivity index (χ1) is 9.67. The summed E-state index contributed by atoms with van der Waals surface area (Å²) < 4.78 is 1.22. The molecule has 1 aromatic carbocycles. The molecule has 1 N–H and O–H groups in total. The van der Waals surface area contributed by atoms with Crippen molar-refractivity contribution in [2.45, 2.75) is 64.5 Å². The zero-order valence-corrected chi connectivity index (χ0v) is 14.2. The number of nitrogens with one attached hydrogen (secondary N) is 1. The highest BCUT2D eigenvalue weighted by Gasteiger charge is 2.33. The van der Waals surface area contributed by atoms with E-state index < -0.39 is 0 Å². The van der Waals surface area contributed by atoms with Gasteiger partial charge in [0.15, 0.2) is 0 Å². The zero-order valence-electron chi connectivity index (χ0n) is 12.7. The third kappa shape index (κ3) is 2.96. The highest BCUT2D eigenvalue weighted by molar-refractivity contribution is 9.10. The molecule has 0 aromatic heterocycles. The molecule has 0 spiro atoms. The van der Waals surface area contributed by atoms with Gasteiger partial charge >= 0.3 is 0 Å². The first-order valence-corrected chi connectivity index (χ1v) is 9.00. The lowest BCUT2D eigenvalue weighted by molar-refractivity contribution is 0.308. The van der Waals surface area contributed by atoms with E-state index in [4.69, 9.17) is 0 Å². The first kappa shape index (κ1) is 14.6. The molecule has 1 fully saturated rings. The molecule has 1 nitrogen and oxygen atoms in total. The van der Waals surface area contributed by atoms with Gasteiger partial charge in [0.05, 0.1) is 0 Å². The van der Waals surface area contributed by atoms with Crippen LogP contribution in [0.3, 0.4) is 0 Å². The number of fused-ring (bicyclic) bond motifs is 1. The van der Waals surface area contributed by atoms with Gasteiger partial charge in [-0.15, -0.1) is 0 Å². The van der Waals surface area contributed by atoms with Crippen LogP contribution in [-0.4, -0.2) is 12.1 Å². The molecular formula is C18H26BrN. The largest absolute Gasteiger partial charge is 0.311 e. The van der Waals surface area contributed by atoms with Crippen molar-refractivity contribution in [3.63, 3.8) is 0 Å². The van der Waals surface area contributed by atoms with E-state index in [9.17, 15) is 0 Å². The Kier molecular flexibility index (Phi) is 4.52. The Labute approximate surface area is 131 Å². The predicted octanol–water partition coefficient (Wildman–Crippen LogP) is 4.72. The first-order valence-electron chi connectivity index (χ1n) is 8.20. The Hall–Kier alpha value is -0.340. The van der Waals surface area contributed by atoms with Gasteiger partial charge in [-0.3, -0.25) is 0 Å². The average molecular weight is 336 g/mol. The molecular weight excluding hydrogens is 310 g/mol. The highest BCUT2D eigenvalue weighted by atomic mass is 79.9. The highest BCUT2D eigenvalue weighted by Crippen LogP contribution is 2.35. The molecule has 4 unspecified atom stereocenters. The van der Waals surface area contributed by atoms with Gasteiger partial charge in [-0.05, 0) is 67.2 Å². The third-order valence-corrected chi connectivity index (χ3v) is 6.09. The molecule has 0 radical (unpaired) electrons. The fraction of sp³-hybridized carbons (Fsp3) is 0.667. The van der Waals surface area contributed by atoms with Gasteiger partial charge < -0.3 is 5.32 Å². The summed E-state index contributed by atoms with van der Waals surface area (Å²) in [6, 6.07) is 8.23. The smallest absolute Gasteiger partial charge is 0.0178 e. The van der Waals surface area contributed by atoms with Gasteiger partial charge in [0.1, 0.15) is 0 Å². The maximum Gasteiger partial charge on any atom is 0.0178 e. The van der Waals surface area contributed by atoms with E-state index in [0.717, 1.165) is 17.9 Å². The number of aryl methyl sites for hydroxylation is 1. The second-order valence-corrected chi connectivity index (χ2v) is 7.65. The summed E-state index contributed by atoms with van der Waals surface area (Å²) in [4.78, 5) is 0. The van der Waals surface area contributed by atoms with E-state index in [2.05, 4.69) is 53.3 Å². The monoisotopic (exact) mass is 335 g/mol. The van der Waals surface area contributed by atoms with Crippen molar-refractivity contribution in [1.29, 1.82) is 0 Å². The molecule has 4 atom stereocenters. The fourth-order valence-electron chi connectivity index (χ4n) is 4.23. The summed E-state index contributed by atoms with van der Waals surface area (Å²) in [5, 5.41) is 3.98. The lowest BCUT2D eigenvalue weighted by Crippen LogP contribution is -2.43. The normalized spacial score (nSPS) is 33.1. The minimum atomic E-state index is 0.687. The molecule has 2 aliphatic rings. The summed E-state index contributed by atoms with van der Waals surface area (Å²) in [6.45, 7) is 4.80. The molecule has 110 valence electrons. The molecule has 0 heterocycles. The lowest BCUT2D eigenvalue weighted by atomic mass is 9.87. The van der Waals surface area contributed by atoms with Gasteiger partial charge in [-0.25, -0.2) is 0 Å². The van der Waals surface area contributed by atoms with E-state index in [0.29, 0.717) is 6.04 Å². The Balaban J connectivity index is 1.62. The van der Waals surface area contributed by atoms with E-state index >= 15 is 0 Å². The van der Waals surface area contributed by atoms with Crippen LogP contribution in [0.5, 0.6) is 0 Å². The Morgan fingerprint density at radius 3 is 2.80 bits per heavy atom. The third-order valence-electron chi connectivity index (χ3n) is 5.60. The van der Waals surface area contributed by atoms with Crippen molar-refractivity contribution < 1.29 is 0 Å². The van der Waals surface area contributed by atoms with Gasteiger partial charge in [0.25, 0.3) is 0 Å². The average Bonchev–Trinajstić information content (AvgIpc) is 2.80. The van der Waals surface area contributed by atoms with Crippen molar-refractivity contribution in [2.24, 2.45) is 11.8 Å². The molecule has 2 aliphatic carbocycles. The number of hydrogen-bond donors (Lipinski definition) is 1. The van der Waals surface area contributed by atoms with Crippen molar-refractivity contribution in [3.8, 4) is 0 Å². The summed E-state index contributed by atoms with van der Waals surface area (Å²) in [5.74, 6) is 1.80. The molecule has 0 bridgehead atoms. The van der Waals surface area contributed by atoms with Crippen LogP contribution >= 0.6 is 15.9 Å². The summed E-state index contributed by atoms with van der Waals surface area (Å²) in [7, 11) is 0. The number of hydrogen-bond acceptors (Lipinski definition) is 1. The Morgan fingerprint density at radius 2 is 2.05 bits per heavy atom. The Morgan fingerprint density at radius 1 is 1.20 bits per heavy atom. The summed E-state index contributed by atoms with van der Waals surface area (Å²) in [6.07, 6.45) is 7.88. The second kappa shape index (κ2) is 6.19. The van der Waals surface area contributed by atoms with Crippen molar-refractivity contribution in [2.75, 3.05) is 0 Å². The van der Waals surface area contributed by atoms with Crippen molar-refractivity contribution >= 4 is 15.9 Å². The van der Waals surface area contributed by atoms with Crippen molar-refractivity contribution in [3.05, 3.63) is 33.8 Å². The van der Waals surface area contributed by atoms with Crippen LogP contribution in [0.1, 0.15) is 50.7 Å². The molecule has 20 heavy (non-hydrogen) atoms. The van der Waals surface area contributed by atoms with Crippen LogP contribution in [0.4, 0.5) is 0 Å². The Bertz CT molecular complexity index is 470. The molecule has 1 saturated carbocycles. The van der Waals surface area contributed by atoms with Gasteiger partial charge in [0, 0.05) is 16.6 Å². The standard InChI is InChI=1S/C18H26BrN/c1-3-13-6-9-18(12(13)2)20-17-8-5-14-10-16(19)7-4-15(14)11-17/h4,7,10,12-13,17-18,20H,3,5-6,8-9,11H2,1-2H3. The number of halogens is 1. The minimum absolute atomic E-state index is 0.687. The maximum absolute atomic E-state index is 3.98. The van der Waals surface area contributed by atoms with Crippen LogP contribution in [-0.2, 0) is 12.8 Å². The topological polar surface area (TPSA) is 12.0 Å². The van der Waals surface area contributed by atoms with Crippen LogP contribution in [0.2, 0.25) is 0 Å². The fourth-order valence-corrected chi connectivity index (χ4v) is 4.64. The van der Waals surface area contributed by atoms with Gasteiger partial charge in [0.2, 0.25) is 0 Å². The van der Waals surface area contributed by atoms with Crippen LogP contribution in [0.25, 0.3) is 0 Å². The van der Waals surface area contributed by atoms with Gasteiger partial charge in [-0.2, -0.15) is 0 Å². The van der Waals surface area contributed by atoms with E-state index in [-0.39, 0.29) is 0 Å². The lowest BCUT2D eigenvalue weighted by Gasteiger charge is -2.31. The molecule has 0 amide bonds. The van der Waals surface area contributed by atoms with E-state index in [1.807, 2.05) is 0 Å². The summed E-state index contributed by atoms with van der Waals surface area (Å²) in [5.41, 5.74) is 3.10. The number of rotatable bonds is 3. The van der Waals surface area contributed by atoms with E-state index in [1.54, 1.807) is 11.1 Å². The molecule has 0 aliphatic heterocycles. The molecule has 3 rings (SSSR count).